The van der Waals surface area contributed by atoms with E-state index in [0.717, 1.165) is 59.6 Å². The number of halogens is 1. The number of anilines is 3. The van der Waals surface area contributed by atoms with Crippen LogP contribution in [0.5, 0.6) is 0 Å². The van der Waals surface area contributed by atoms with Gasteiger partial charge in [0.2, 0.25) is 0 Å². The molecular formula is C28H29FN4O. The van der Waals surface area contributed by atoms with E-state index in [1.54, 1.807) is 16.7 Å². The molecule has 0 saturated carbocycles. The van der Waals surface area contributed by atoms with Gasteiger partial charge in [-0.25, -0.2) is 4.39 Å². The Kier molecular flexibility index (Phi) is 6.07. The maximum Gasteiger partial charge on any atom is 0.251 e. The number of piperazine rings is 1. The molecule has 1 aliphatic rings. The van der Waals surface area contributed by atoms with Crippen molar-refractivity contribution in [3.63, 3.8) is 0 Å². The van der Waals surface area contributed by atoms with E-state index in [4.69, 9.17) is 0 Å². The Morgan fingerprint density at radius 1 is 0.853 bits per heavy atom. The summed E-state index contributed by atoms with van der Waals surface area (Å²) in [6, 6.07) is 22.7. The molecule has 1 aliphatic heterocycles. The molecule has 0 radical (unpaired) electrons. The molecule has 1 saturated heterocycles. The second kappa shape index (κ2) is 9.31. The van der Waals surface area contributed by atoms with Crippen LogP contribution in [0.3, 0.4) is 0 Å². The van der Waals surface area contributed by atoms with Crippen molar-refractivity contribution in [3.8, 4) is 0 Å². The first-order valence-electron chi connectivity index (χ1n) is 11.7. The van der Waals surface area contributed by atoms with Crippen LogP contribution in [0.4, 0.5) is 21.5 Å². The van der Waals surface area contributed by atoms with Crippen molar-refractivity contribution in [1.29, 1.82) is 0 Å². The lowest BCUT2D eigenvalue weighted by Gasteiger charge is -2.34. The van der Waals surface area contributed by atoms with Gasteiger partial charge in [0.15, 0.2) is 0 Å². The zero-order valence-corrected chi connectivity index (χ0v) is 19.6. The van der Waals surface area contributed by atoms with Crippen LogP contribution < -0.4 is 15.8 Å². The lowest BCUT2D eigenvalue weighted by Crippen LogP contribution is -2.44. The van der Waals surface area contributed by atoms with Crippen LogP contribution in [0.15, 0.2) is 77.6 Å². The Morgan fingerprint density at radius 3 is 2.29 bits per heavy atom. The van der Waals surface area contributed by atoms with Gasteiger partial charge in [0.1, 0.15) is 5.82 Å². The number of aryl methyl sites for hydroxylation is 1. The molecule has 1 fully saturated rings. The van der Waals surface area contributed by atoms with Crippen LogP contribution in [0.1, 0.15) is 11.1 Å². The Morgan fingerprint density at radius 2 is 1.56 bits per heavy atom. The number of hydrogen-bond acceptors (Lipinski definition) is 4. The predicted octanol–water partition coefficient (Wildman–Crippen LogP) is 4.99. The van der Waals surface area contributed by atoms with E-state index in [1.807, 2.05) is 31.2 Å². The number of aromatic nitrogens is 1. The molecule has 0 spiro atoms. The summed E-state index contributed by atoms with van der Waals surface area (Å²) in [5.41, 5.74) is 5.67. The third kappa shape index (κ3) is 4.68. The Hall–Kier alpha value is -3.64. The quantitative estimate of drug-likeness (QED) is 0.459. The third-order valence-corrected chi connectivity index (χ3v) is 6.65. The van der Waals surface area contributed by atoms with Crippen molar-refractivity contribution in [2.45, 2.75) is 13.5 Å². The summed E-state index contributed by atoms with van der Waals surface area (Å²) < 4.78 is 15.3. The third-order valence-electron chi connectivity index (χ3n) is 6.65. The van der Waals surface area contributed by atoms with E-state index >= 15 is 0 Å². The topological polar surface area (TPSA) is 40.5 Å². The van der Waals surface area contributed by atoms with Gasteiger partial charge in [-0.3, -0.25) is 4.79 Å². The van der Waals surface area contributed by atoms with Crippen molar-refractivity contribution in [2.24, 2.45) is 0 Å². The average Bonchev–Trinajstić information content (AvgIpc) is 2.83. The van der Waals surface area contributed by atoms with E-state index < -0.39 is 0 Å². The maximum absolute atomic E-state index is 13.5. The fraction of sp³-hybridized carbons (Fsp3) is 0.250. The maximum atomic E-state index is 13.5. The summed E-state index contributed by atoms with van der Waals surface area (Å²) in [6.07, 6.45) is 0. The number of hydrogen-bond donors (Lipinski definition) is 1. The van der Waals surface area contributed by atoms with Gasteiger partial charge in [-0.15, -0.1) is 0 Å². The highest BCUT2D eigenvalue weighted by Crippen LogP contribution is 2.25. The highest BCUT2D eigenvalue weighted by atomic mass is 19.1. The predicted molar refractivity (Wildman–Crippen MR) is 138 cm³/mol. The first kappa shape index (κ1) is 22.2. The largest absolute Gasteiger partial charge is 0.369 e. The molecule has 1 N–H and O–H groups in total. The van der Waals surface area contributed by atoms with Gasteiger partial charge in [0.05, 0.1) is 12.1 Å². The van der Waals surface area contributed by atoms with Crippen LogP contribution in [0, 0.1) is 12.7 Å². The molecule has 3 aromatic carbocycles. The number of benzene rings is 3. The van der Waals surface area contributed by atoms with Crippen molar-refractivity contribution in [2.75, 3.05) is 43.4 Å². The number of nitrogens with one attached hydrogen (secondary N) is 1. The van der Waals surface area contributed by atoms with Gasteiger partial charge in [-0.2, -0.15) is 0 Å². The SMILES string of the molecule is Cc1cc(F)ccc1Cn1c(=O)ccc2ccc(Nc3ccc(N4CCN(C)CC4)cc3)cc21. The lowest BCUT2D eigenvalue weighted by molar-refractivity contribution is 0.313. The average molecular weight is 457 g/mol. The number of pyridine rings is 1. The van der Waals surface area contributed by atoms with E-state index in [0.29, 0.717) is 6.54 Å². The minimum absolute atomic E-state index is 0.0788. The monoisotopic (exact) mass is 456 g/mol. The number of fused-ring (bicyclic) bond motifs is 1. The molecule has 0 amide bonds. The molecule has 1 aromatic heterocycles. The summed E-state index contributed by atoms with van der Waals surface area (Å²) in [4.78, 5) is 17.5. The van der Waals surface area contributed by atoms with Gasteiger partial charge >= 0.3 is 0 Å². The first-order valence-corrected chi connectivity index (χ1v) is 11.7. The first-order chi connectivity index (χ1) is 16.5. The van der Waals surface area contributed by atoms with Gasteiger partial charge in [0.25, 0.3) is 5.56 Å². The minimum atomic E-state index is -0.267. The molecule has 174 valence electrons. The summed E-state index contributed by atoms with van der Waals surface area (Å²) in [6.45, 7) is 6.50. The van der Waals surface area contributed by atoms with E-state index in [9.17, 15) is 9.18 Å². The molecule has 6 heteroatoms. The van der Waals surface area contributed by atoms with Crippen LogP contribution in [-0.4, -0.2) is 42.7 Å². The normalized spacial score (nSPS) is 14.5. The van der Waals surface area contributed by atoms with E-state index in [1.165, 1.54) is 17.8 Å². The molecule has 0 aliphatic carbocycles. The molecule has 5 nitrogen and oxygen atoms in total. The second-order valence-corrected chi connectivity index (χ2v) is 9.06. The lowest BCUT2D eigenvalue weighted by atomic mass is 10.1. The van der Waals surface area contributed by atoms with Gasteiger partial charge in [-0.1, -0.05) is 12.1 Å². The van der Waals surface area contributed by atoms with E-state index in [-0.39, 0.29) is 11.4 Å². The summed E-state index contributed by atoms with van der Waals surface area (Å²) in [5, 5.41) is 4.45. The van der Waals surface area contributed by atoms with Gasteiger partial charge < -0.3 is 19.7 Å². The van der Waals surface area contributed by atoms with Crippen LogP contribution in [0.25, 0.3) is 10.9 Å². The molecule has 2 heterocycles. The zero-order valence-electron chi connectivity index (χ0n) is 19.6. The molecular weight excluding hydrogens is 427 g/mol. The van der Waals surface area contributed by atoms with Crippen LogP contribution in [-0.2, 0) is 6.54 Å². The number of rotatable bonds is 5. The highest BCUT2D eigenvalue weighted by Gasteiger charge is 2.14. The van der Waals surface area contributed by atoms with Crippen molar-refractivity contribution in [1.82, 2.24) is 9.47 Å². The van der Waals surface area contributed by atoms with Gasteiger partial charge in [-0.05, 0) is 85.1 Å². The summed E-state index contributed by atoms with van der Waals surface area (Å²) >= 11 is 0. The molecule has 34 heavy (non-hydrogen) atoms. The minimum Gasteiger partial charge on any atom is -0.369 e. The highest BCUT2D eigenvalue weighted by molar-refractivity contribution is 5.84. The fourth-order valence-corrected chi connectivity index (χ4v) is 4.52. The van der Waals surface area contributed by atoms with Crippen molar-refractivity contribution in [3.05, 3.63) is 100 Å². The molecule has 0 unspecified atom stereocenters. The Bertz CT molecular complexity index is 1370. The fourth-order valence-electron chi connectivity index (χ4n) is 4.52. The Balaban J connectivity index is 1.40. The standard InChI is InChI=1S/C28H29FN4O/c1-20-17-23(29)6-3-22(20)19-33-27-18-25(7-4-21(27)5-12-28(33)34)30-24-8-10-26(11-9-24)32-15-13-31(2)14-16-32/h3-12,17-18,30H,13-16,19H2,1-2H3. The zero-order chi connectivity index (χ0) is 23.7. The number of nitrogens with zero attached hydrogens (tertiary/aromatic N) is 3. The second-order valence-electron chi connectivity index (χ2n) is 9.06. The van der Waals surface area contributed by atoms with Crippen molar-refractivity contribution >= 4 is 28.0 Å². The summed E-state index contributed by atoms with van der Waals surface area (Å²) in [7, 11) is 2.16. The molecule has 4 aromatic rings. The Labute approximate surface area is 199 Å². The van der Waals surface area contributed by atoms with Crippen molar-refractivity contribution < 1.29 is 4.39 Å². The van der Waals surface area contributed by atoms with Gasteiger partial charge in [0, 0.05) is 49.3 Å². The molecule has 0 atom stereocenters. The summed E-state index contributed by atoms with van der Waals surface area (Å²) in [5.74, 6) is -0.267. The molecule has 5 rings (SSSR count). The van der Waals surface area contributed by atoms with E-state index in [2.05, 4.69) is 46.4 Å². The smallest absolute Gasteiger partial charge is 0.251 e. The van der Waals surface area contributed by atoms with Crippen LogP contribution in [0.2, 0.25) is 0 Å². The number of likely N-dealkylation sites (N-methyl/N-ethyl adjacent to an activating group) is 1. The molecule has 0 bridgehead atoms. The van der Waals surface area contributed by atoms with Crippen LogP contribution >= 0.6 is 0 Å².